The second-order valence-corrected chi connectivity index (χ2v) is 8.48. The molecule has 1 aromatic rings. The predicted molar refractivity (Wildman–Crippen MR) is 88.9 cm³/mol. The minimum Gasteiger partial charge on any atom is -0.489 e. The van der Waals surface area contributed by atoms with Crippen LogP contribution in [-0.2, 0) is 16.2 Å². The Hall–Kier alpha value is -1.32. The zero-order valence-corrected chi connectivity index (χ0v) is 15.0. The summed E-state index contributed by atoms with van der Waals surface area (Å²) in [6.45, 7) is 3.21. The van der Waals surface area contributed by atoms with Gasteiger partial charge in [0.1, 0.15) is 11.9 Å². The minimum absolute atomic E-state index is 0.0145. The molecule has 1 aromatic carbocycles. The number of sulfonamides is 1. The Morgan fingerprint density at radius 2 is 1.96 bits per heavy atom. The maximum absolute atomic E-state index is 12.6. The van der Waals surface area contributed by atoms with E-state index in [0.717, 1.165) is 25.1 Å². The van der Waals surface area contributed by atoms with Crippen LogP contribution in [0.25, 0.3) is 0 Å². The van der Waals surface area contributed by atoms with Crippen LogP contribution in [0.1, 0.15) is 18.9 Å². The topological polar surface area (TPSA) is 58.6 Å². The number of likely N-dealkylation sites (N-methyl/N-ethyl adjacent to an activating group) is 1. The Balaban J connectivity index is 2.13. The highest BCUT2D eigenvalue weighted by atomic mass is 32.2. The molecule has 0 amide bonds. The van der Waals surface area contributed by atoms with Crippen molar-refractivity contribution in [3.05, 3.63) is 29.8 Å². The third kappa shape index (κ3) is 5.32. The summed E-state index contributed by atoms with van der Waals surface area (Å²) in [7, 11) is -1.87. The molecular weight excluding hydrogens is 357 g/mol. The van der Waals surface area contributed by atoms with Crippen LogP contribution in [-0.4, -0.2) is 51.3 Å². The van der Waals surface area contributed by atoms with Crippen molar-refractivity contribution in [2.45, 2.75) is 25.6 Å². The summed E-state index contributed by atoms with van der Waals surface area (Å²) in [6, 6.07) is 4.47. The molecule has 0 bridgehead atoms. The molecule has 142 valence electrons. The molecule has 25 heavy (non-hydrogen) atoms. The van der Waals surface area contributed by atoms with E-state index >= 15 is 0 Å². The molecule has 2 rings (SSSR count). The highest BCUT2D eigenvalue weighted by Crippen LogP contribution is 2.31. The Morgan fingerprint density at radius 1 is 1.32 bits per heavy atom. The highest BCUT2D eigenvalue weighted by Gasteiger charge is 2.32. The normalized spacial score (nSPS) is 20.0. The Kier molecular flexibility index (Phi) is 6.34. The van der Waals surface area contributed by atoms with Crippen LogP contribution in [0.4, 0.5) is 13.2 Å². The van der Waals surface area contributed by atoms with Gasteiger partial charge in [0.05, 0.1) is 17.9 Å². The number of hydrogen-bond acceptors (Lipinski definition) is 4. The van der Waals surface area contributed by atoms with Crippen molar-refractivity contribution < 1.29 is 26.3 Å². The van der Waals surface area contributed by atoms with Crippen molar-refractivity contribution in [1.82, 2.24) is 9.62 Å². The third-order valence-corrected chi connectivity index (χ3v) is 6.20. The van der Waals surface area contributed by atoms with Crippen LogP contribution < -0.4 is 10.1 Å². The standard InChI is InChI=1S/C16H23F3N2O3S/c1-3-25(22,23)21(2)11-15(12-8-9-20-10-12)24-14-6-4-13(5-7-14)16(17,18)19/h4-7,12,15,20H,3,8-11H2,1-2H3/t12-,15+/m0/s1. The average Bonchev–Trinajstić information content (AvgIpc) is 3.08. The van der Waals surface area contributed by atoms with E-state index < -0.39 is 27.9 Å². The van der Waals surface area contributed by atoms with Gasteiger partial charge in [0.15, 0.2) is 0 Å². The van der Waals surface area contributed by atoms with Gasteiger partial charge >= 0.3 is 6.18 Å². The zero-order valence-electron chi connectivity index (χ0n) is 14.2. The first-order chi connectivity index (χ1) is 11.6. The zero-order chi connectivity index (χ0) is 18.7. The van der Waals surface area contributed by atoms with Crippen molar-refractivity contribution >= 4 is 10.0 Å². The molecule has 1 aliphatic rings. The summed E-state index contributed by atoms with van der Waals surface area (Å²) in [4.78, 5) is 0. The lowest BCUT2D eigenvalue weighted by Gasteiger charge is -2.28. The molecule has 5 nitrogen and oxygen atoms in total. The van der Waals surface area contributed by atoms with Gasteiger partial charge in [0.2, 0.25) is 10.0 Å². The largest absolute Gasteiger partial charge is 0.489 e. The van der Waals surface area contributed by atoms with E-state index in [1.807, 2.05) is 0 Å². The monoisotopic (exact) mass is 380 g/mol. The van der Waals surface area contributed by atoms with Gasteiger partial charge in [-0.25, -0.2) is 12.7 Å². The molecular formula is C16H23F3N2O3S. The molecule has 0 aliphatic carbocycles. The van der Waals surface area contributed by atoms with Gasteiger partial charge in [-0.1, -0.05) is 0 Å². The van der Waals surface area contributed by atoms with Crippen molar-refractivity contribution in [1.29, 1.82) is 0 Å². The molecule has 0 radical (unpaired) electrons. The van der Waals surface area contributed by atoms with Crippen molar-refractivity contribution in [3.63, 3.8) is 0 Å². The summed E-state index contributed by atoms with van der Waals surface area (Å²) in [5.74, 6) is 0.378. The smallest absolute Gasteiger partial charge is 0.416 e. The van der Waals surface area contributed by atoms with Crippen molar-refractivity contribution in [3.8, 4) is 5.75 Å². The fourth-order valence-electron chi connectivity index (χ4n) is 2.76. The summed E-state index contributed by atoms with van der Waals surface area (Å²) in [5, 5.41) is 3.20. The predicted octanol–water partition coefficient (Wildman–Crippen LogP) is 2.34. The first-order valence-electron chi connectivity index (χ1n) is 8.12. The van der Waals surface area contributed by atoms with Gasteiger partial charge in [-0.15, -0.1) is 0 Å². The van der Waals surface area contributed by atoms with E-state index in [1.165, 1.54) is 23.5 Å². The molecule has 1 aliphatic heterocycles. The number of benzene rings is 1. The van der Waals surface area contributed by atoms with Crippen molar-refractivity contribution in [2.24, 2.45) is 5.92 Å². The fraction of sp³-hybridized carbons (Fsp3) is 0.625. The van der Waals surface area contributed by atoms with Gasteiger partial charge in [0, 0.05) is 19.5 Å². The number of hydrogen-bond donors (Lipinski definition) is 1. The Bertz CT molecular complexity index is 656. The van der Waals surface area contributed by atoms with Crippen LogP contribution in [0.3, 0.4) is 0 Å². The van der Waals surface area contributed by atoms with Crippen molar-refractivity contribution in [2.75, 3.05) is 32.4 Å². The first kappa shape index (κ1) is 20.0. The second kappa shape index (κ2) is 7.92. The maximum atomic E-state index is 12.6. The molecule has 9 heteroatoms. The molecule has 0 saturated carbocycles. The van der Waals surface area contributed by atoms with E-state index in [9.17, 15) is 21.6 Å². The Morgan fingerprint density at radius 3 is 2.44 bits per heavy atom. The number of ether oxygens (including phenoxy) is 1. The lowest BCUT2D eigenvalue weighted by molar-refractivity contribution is -0.137. The van der Waals surface area contributed by atoms with Crippen LogP contribution in [0.15, 0.2) is 24.3 Å². The van der Waals surface area contributed by atoms with Crippen LogP contribution in [0.5, 0.6) is 5.75 Å². The molecule has 1 fully saturated rings. The van der Waals surface area contributed by atoms with Crippen LogP contribution in [0.2, 0.25) is 0 Å². The summed E-state index contributed by atoms with van der Waals surface area (Å²) in [5.41, 5.74) is -0.746. The second-order valence-electron chi connectivity index (χ2n) is 6.11. The quantitative estimate of drug-likeness (QED) is 0.789. The van der Waals surface area contributed by atoms with Gasteiger partial charge in [-0.05, 0) is 44.2 Å². The fourth-order valence-corrected chi connectivity index (χ4v) is 3.58. The lowest BCUT2D eigenvalue weighted by Crippen LogP contribution is -2.42. The molecule has 2 atom stereocenters. The number of nitrogens with one attached hydrogen (secondary N) is 1. The molecule has 0 spiro atoms. The number of rotatable bonds is 7. The summed E-state index contributed by atoms with van der Waals surface area (Å²) >= 11 is 0. The maximum Gasteiger partial charge on any atom is 0.416 e. The lowest BCUT2D eigenvalue weighted by atomic mass is 10.0. The molecule has 0 unspecified atom stereocenters. The van der Waals surface area contributed by atoms with Crippen LogP contribution in [0, 0.1) is 5.92 Å². The van der Waals surface area contributed by atoms with E-state index in [-0.39, 0.29) is 18.2 Å². The summed E-state index contributed by atoms with van der Waals surface area (Å²) in [6.07, 6.45) is -4.01. The first-order valence-corrected chi connectivity index (χ1v) is 9.73. The molecule has 1 N–H and O–H groups in total. The molecule has 0 aromatic heterocycles. The Labute approximate surface area is 146 Å². The number of halogens is 3. The van der Waals surface area contributed by atoms with Gasteiger partial charge < -0.3 is 10.1 Å². The summed E-state index contributed by atoms with van der Waals surface area (Å²) < 4.78 is 69.0. The van der Waals surface area contributed by atoms with E-state index in [2.05, 4.69) is 5.32 Å². The highest BCUT2D eigenvalue weighted by molar-refractivity contribution is 7.89. The van der Waals surface area contributed by atoms with Crippen LogP contribution >= 0.6 is 0 Å². The number of nitrogens with zero attached hydrogens (tertiary/aromatic N) is 1. The van der Waals surface area contributed by atoms with Gasteiger partial charge in [-0.2, -0.15) is 13.2 Å². The number of alkyl halides is 3. The molecule has 1 saturated heterocycles. The van der Waals surface area contributed by atoms with Gasteiger partial charge in [0.25, 0.3) is 0 Å². The minimum atomic E-state index is -4.40. The average molecular weight is 380 g/mol. The van der Waals surface area contributed by atoms with E-state index in [0.29, 0.717) is 12.3 Å². The van der Waals surface area contributed by atoms with Gasteiger partial charge in [-0.3, -0.25) is 0 Å². The SMILES string of the molecule is CCS(=O)(=O)N(C)C[C@@H](Oc1ccc(C(F)(F)F)cc1)[C@H]1CCNC1. The molecule has 1 heterocycles. The third-order valence-electron chi connectivity index (χ3n) is 4.37. The van der Waals surface area contributed by atoms with E-state index in [1.54, 1.807) is 6.92 Å². The van der Waals surface area contributed by atoms with E-state index in [4.69, 9.17) is 4.74 Å².